The molecule has 0 saturated carbocycles. The van der Waals surface area contributed by atoms with Crippen LogP contribution in [-0.2, 0) is 14.3 Å². The van der Waals surface area contributed by atoms with Gasteiger partial charge in [-0.05, 0) is 25.9 Å². The molecule has 1 atom stereocenters. The minimum absolute atomic E-state index is 0.0599. The molecular weight excluding hydrogens is 224 g/mol. The molecule has 0 bridgehead atoms. The molecule has 0 radical (unpaired) electrons. The topological polar surface area (TPSA) is 79.8 Å². The van der Waals surface area contributed by atoms with Crippen molar-refractivity contribution in [2.24, 2.45) is 0 Å². The normalized spacial score (nSPS) is 18.9. The number of methoxy groups -OCH3 is 1. The van der Waals surface area contributed by atoms with Crippen LogP contribution in [0.1, 0.15) is 12.8 Å². The highest BCUT2D eigenvalue weighted by atomic mass is 16.5. The molecule has 0 spiro atoms. The minimum Gasteiger partial charge on any atom is -0.389 e. The minimum atomic E-state index is -0.664. The van der Waals surface area contributed by atoms with Gasteiger partial charge in [0.2, 0.25) is 5.91 Å². The second-order valence-electron chi connectivity index (χ2n) is 4.17. The van der Waals surface area contributed by atoms with Crippen molar-refractivity contribution in [1.82, 2.24) is 10.6 Å². The number of rotatable bonds is 7. The first-order chi connectivity index (χ1) is 8.22. The smallest absolute Gasteiger partial charge is 0.246 e. The highest BCUT2D eigenvalue weighted by Gasteiger charge is 2.15. The van der Waals surface area contributed by atoms with E-state index in [1.165, 1.54) is 7.11 Å². The summed E-state index contributed by atoms with van der Waals surface area (Å²) in [5.74, 6) is -0.196. The fraction of sp³-hybridized carbons (Fsp3) is 0.909. The van der Waals surface area contributed by atoms with E-state index in [0.29, 0.717) is 0 Å². The van der Waals surface area contributed by atoms with Crippen LogP contribution in [0.4, 0.5) is 0 Å². The molecule has 0 aromatic rings. The van der Waals surface area contributed by atoms with Gasteiger partial charge in [0.25, 0.3) is 0 Å². The maximum absolute atomic E-state index is 11.4. The van der Waals surface area contributed by atoms with Crippen LogP contribution in [0.15, 0.2) is 0 Å². The van der Waals surface area contributed by atoms with Gasteiger partial charge in [-0.15, -0.1) is 0 Å². The number of hydrogen-bond donors (Lipinski definition) is 3. The van der Waals surface area contributed by atoms with Crippen molar-refractivity contribution < 1.29 is 19.4 Å². The number of carbonyl (C=O) groups is 1. The number of aliphatic hydroxyl groups is 1. The van der Waals surface area contributed by atoms with Crippen LogP contribution >= 0.6 is 0 Å². The van der Waals surface area contributed by atoms with Crippen molar-refractivity contribution in [1.29, 1.82) is 0 Å². The molecule has 0 aliphatic carbocycles. The fourth-order valence-electron chi connectivity index (χ4n) is 1.69. The summed E-state index contributed by atoms with van der Waals surface area (Å²) < 4.78 is 10.2. The molecule has 6 nitrogen and oxygen atoms in total. The first kappa shape index (κ1) is 14.4. The first-order valence-electron chi connectivity index (χ1n) is 5.98. The van der Waals surface area contributed by atoms with E-state index in [1.54, 1.807) is 0 Å². The summed E-state index contributed by atoms with van der Waals surface area (Å²) in [4.78, 5) is 11.4. The summed E-state index contributed by atoms with van der Waals surface area (Å²) >= 11 is 0. The SMILES string of the molecule is COCC(O)CNC(=O)COC1CCNCC1. The predicted molar refractivity (Wildman–Crippen MR) is 62.7 cm³/mol. The molecule has 0 aromatic carbocycles. The zero-order valence-electron chi connectivity index (χ0n) is 10.3. The first-order valence-corrected chi connectivity index (χ1v) is 5.98. The Morgan fingerprint density at radius 3 is 2.88 bits per heavy atom. The fourth-order valence-corrected chi connectivity index (χ4v) is 1.69. The Kier molecular flexibility index (Phi) is 7.11. The Bertz CT molecular complexity index is 220. The van der Waals surface area contributed by atoms with Crippen LogP contribution in [-0.4, -0.2) is 63.2 Å². The molecule has 17 heavy (non-hydrogen) atoms. The third-order valence-corrected chi connectivity index (χ3v) is 2.63. The Morgan fingerprint density at radius 1 is 1.53 bits per heavy atom. The number of nitrogens with one attached hydrogen (secondary N) is 2. The standard InChI is InChI=1S/C11H22N2O4/c1-16-7-9(14)6-13-11(15)8-17-10-2-4-12-5-3-10/h9-10,12,14H,2-8H2,1H3,(H,13,15). The zero-order chi connectivity index (χ0) is 12.5. The lowest BCUT2D eigenvalue weighted by molar-refractivity contribution is -0.128. The summed E-state index contributed by atoms with van der Waals surface area (Å²) in [5.41, 5.74) is 0. The molecular formula is C11H22N2O4. The molecule has 1 rings (SSSR count). The van der Waals surface area contributed by atoms with E-state index in [0.717, 1.165) is 25.9 Å². The molecule has 1 aliphatic rings. The van der Waals surface area contributed by atoms with Crippen molar-refractivity contribution in [2.45, 2.75) is 25.0 Å². The van der Waals surface area contributed by atoms with Gasteiger partial charge < -0.3 is 25.2 Å². The van der Waals surface area contributed by atoms with E-state index in [9.17, 15) is 9.90 Å². The maximum atomic E-state index is 11.4. The molecule has 1 aliphatic heterocycles. The average molecular weight is 246 g/mol. The molecule has 3 N–H and O–H groups in total. The van der Waals surface area contributed by atoms with Gasteiger partial charge in [-0.25, -0.2) is 0 Å². The van der Waals surface area contributed by atoms with Crippen molar-refractivity contribution in [3.8, 4) is 0 Å². The summed E-state index contributed by atoms with van der Waals surface area (Å²) in [6.07, 6.45) is 1.40. The zero-order valence-corrected chi connectivity index (χ0v) is 10.3. The molecule has 1 heterocycles. The second kappa shape index (κ2) is 8.41. The van der Waals surface area contributed by atoms with Crippen LogP contribution in [0.5, 0.6) is 0 Å². The Hall–Kier alpha value is -0.690. The Morgan fingerprint density at radius 2 is 2.24 bits per heavy atom. The van der Waals surface area contributed by atoms with E-state index in [-0.39, 0.29) is 31.8 Å². The molecule has 0 aromatic heterocycles. The predicted octanol–water partition coefficient (Wildman–Crippen LogP) is -1.12. The van der Waals surface area contributed by atoms with Crippen LogP contribution in [0, 0.1) is 0 Å². The van der Waals surface area contributed by atoms with Crippen molar-refractivity contribution >= 4 is 5.91 Å². The van der Waals surface area contributed by atoms with Gasteiger partial charge >= 0.3 is 0 Å². The summed E-state index contributed by atoms with van der Waals surface area (Å²) in [6, 6.07) is 0. The highest BCUT2D eigenvalue weighted by Crippen LogP contribution is 2.06. The number of carbonyl (C=O) groups excluding carboxylic acids is 1. The third kappa shape index (κ3) is 6.58. The molecule has 1 amide bonds. The quantitative estimate of drug-likeness (QED) is 0.530. The maximum Gasteiger partial charge on any atom is 0.246 e. The van der Waals surface area contributed by atoms with Gasteiger partial charge in [-0.1, -0.05) is 0 Å². The monoisotopic (exact) mass is 246 g/mol. The van der Waals surface area contributed by atoms with Crippen LogP contribution in [0.2, 0.25) is 0 Å². The molecule has 6 heteroatoms. The van der Waals surface area contributed by atoms with Gasteiger partial charge in [-0.3, -0.25) is 4.79 Å². The van der Waals surface area contributed by atoms with E-state index in [4.69, 9.17) is 9.47 Å². The summed E-state index contributed by atoms with van der Waals surface area (Å²) in [6.45, 7) is 2.36. The molecule has 1 saturated heterocycles. The van der Waals surface area contributed by atoms with Crippen molar-refractivity contribution in [3.63, 3.8) is 0 Å². The number of aliphatic hydroxyl groups excluding tert-OH is 1. The average Bonchev–Trinajstić information content (AvgIpc) is 2.35. The summed E-state index contributed by atoms with van der Waals surface area (Å²) in [5, 5.41) is 15.2. The van der Waals surface area contributed by atoms with Gasteiger partial charge in [-0.2, -0.15) is 0 Å². The lowest BCUT2D eigenvalue weighted by Crippen LogP contribution is -2.38. The van der Waals surface area contributed by atoms with Gasteiger partial charge in [0.1, 0.15) is 6.61 Å². The number of amides is 1. The third-order valence-electron chi connectivity index (χ3n) is 2.63. The van der Waals surface area contributed by atoms with E-state index in [1.807, 2.05) is 0 Å². The Balaban J connectivity index is 2.04. The van der Waals surface area contributed by atoms with E-state index >= 15 is 0 Å². The summed E-state index contributed by atoms with van der Waals surface area (Å²) in [7, 11) is 1.51. The van der Waals surface area contributed by atoms with Crippen LogP contribution < -0.4 is 10.6 Å². The van der Waals surface area contributed by atoms with E-state index < -0.39 is 6.10 Å². The second-order valence-corrected chi connectivity index (χ2v) is 4.17. The number of piperidine rings is 1. The number of hydrogen-bond acceptors (Lipinski definition) is 5. The van der Waals surface area contributed by atoms with Gasteiger partial charge in [0.15, 0.2) is 0 Å². The van der Waals surface area contributed by atoms with Gasteiger partial charge in [0, 0.05) is 13.7 Å². The number of ether oxygens (including phenoxy) is 2. The molecule has 1 unspecified atom stereocenters. The molecule has 1 fully saturated rings. The Labute approximate surface area is 102 Å². The largest absolute Gasteiger partial charge is 0.389 e. The molecule has 100 valence electrons. The van der Waals surface area contributed by atoms with Gasteiger partial charge in [0.05, 0.1) is 18.8 Å². The van der Waals surface area contributed by atoms with Crippen LogP contribution in [0.3, 0.4) is 0 Å². The lowest BCUT2D eigenvalue weighted by Gasteiger charge is -2.22. The van der Waals surface area contributed by atoms with Crippen LogP contribution in [0.25, 0.3) is 0 Å². The van der Waals surface area contributed by atoms with Crippen molar-refractivity contribution in [3.05, 3.63) is 0 Å². The van der Waals surface area contributed by atoms with Crippen molar-refractivity contribution in [2.75, 3.05) is 40.0 Å². The highest BCUT2D eigenvalue weighted by molar-refractivity contribution is 5.77. The van der Waals surface area contributed by atoms with E-state index in [2.05, 4.69) is 10.6 Å². The lowest BCUT2D eigenvalue weighted by atomic mass is 10.1.